The van der Waals surface area contributed by atoms with Crippen LogP contribution in [0, 0.1) is 0 Å². The number of hydrogen-bond acceptors (Lipinski definition) is 6. The number of hydrogen-bond donors (Lipinski definition) is 1. The average molecular weight is 536 g/mol. The summed E-state index contributed by atoms with van der Waals surface area (Å²) in [4.78, 5) is 23.7. The van der Waals surface area contributed by atoms with Crippen LogP contribution < -0.4 is 5.73 Å². The number of aryl methyl sites for hydroxylation is 2. The highest BCUT2D eigenvalue weighted by molar-refractivity contribution is 6.17. The molecule has 8 heteroatoms. The van der Waals surface area contributed by atoms with Crippen molar-refractivity contribution in [3.05, 3.63) is 65.5 Å². The molecule has 0 spiro atoms. The third kappa shape index (κ3) is 6.83. The van der Waals surface area contributed by atoms with Crippen LogP contribution in [0.25, 0.3) is 21.9 Å². The standard InChI is InChI=1S/C30H38ClN5O2/c1-3-4-14-26-34-28-29(24-12-5-6-13-25(24)33-30(28)32)36(26)18-9-17-35(16-8-15-31)21-23-11-7-10-22(19-23)20-27(37)38-2/h5-7,10-13,19H,3-4,8-9,14-18,20-21H2,1-2H3,(H2,32,33). The third-order valence-electron chi connectivity index (χ3n) is 6.88. The van der Waals surface area contributed by atoms with Crippen LogP contribution in [0.3, 0.4) is 0 Å². The predicted molar refractivity (Wildman–Crippen MR) is 155 cm³/mol. The number of unbranched alkanes of at least 4 members (excludes halogenated alkanes) is 1. The number of carbonyl (C=O) groups is 1. The van der Waals surface area contributed by atoms with Crippen LogP contribution in [0.5, 0.6) is 0 Å². The van der Waals surface area contributed by atoms with E-state index in [0.717, 1.165) is 91.6 Å². The number of carbonyl (C=O) groups excluding carboxylic acids is 1. The summed E-state index contributed by atoms with van der Waals surface area (Å²) in [5.74, 6) is 1.97. The van der Waals surface area contributed by atoms with Gasteiger partial charge in [-0.15, -0.1) is 11.6 Å². The lowest BCUT2D eigenvalue weighted by molar-refractivity contribution is -0.139. The quantitative estimate of drug-likeness (QED) is 0.163. The highest BCUT2D eigenvalue weighted by Crippen LogP contribution is 2.29. The molecule has 202 valence electrons. The van der Waals surface area contributed by atoms with Crippen molar-refractivity contribution in [2.45, 2.75) is 58.5 Å². The second-order valence-corrected chi connectivity index (χ2v) is 10.1. The van der Waals surface area contributed by atoms with E-state index in [1.807, 2.05) is 30.3 Å². The van der Waals surface area contributed by atoms with Crippen molar-refractivity contribution in [1.82, 2.24) is 19.4 Å². The van der Waals surface area contributed by atoms with E-state index in [2.05, 4.69) is 39.6 Å². The zero-order valence-corrected chi connectivity index (χ0v) is 23.2. The first-order valence-corrected chi connectivity index (χ1v) is 14.0. The number of rotatable bonds is 14. The van der Waals surface area contributed by atoms with Gasteiger partial charge in [-0.25, -0.2) is 9.97 Å². The molecule has 0 aliphatic rings. The number of nitrogen functional groups attached to an aromatic ring is 1. The van der Waals surface area contributed by atoms with Gasteiger partial charge in [0, 0.05) is 37.3 Å². The molecule has 2 N–H and O–H groups in total. The molecule has 4 rings (SSSR count). The minimum absolute atomic E-state index is 0.226. The van der Waals surface area contributed by atoms with E-state index >= 15 is 0 Å². The second-order valence-electron chi connectivity index (χ2n) is 9.74. The number of benzene rings is 2. The summed E-state index contributed by atoms with van der Waals surface area (Å²) in [7, 11) is 1.42. The predicted octanol–water partition coefficient (Wildman–Crippen LogP) is 5.75. The van der Waals surface area contributed by atoms with E-state index in [1.54, 1.807) is 0 Å². The minimum Gasteiger partial charge on any atom is -0.469 e. The van der Waals surface area contributed by atoms with Gasteiger partial charge < -0.3 is 15.0 Å². The summed E-state index contributed by atoms with van der Waals surface area (Å²) in [6.45, 7) is 5.69. The van der Waals surface area contributed by atoms with Gasteiger partial charge in [0.2, 0.25) is 0 Å². The molecular weight excluding hydrogens is 498 g/mol. The van der Waals surface area contributed by atoms with Gasteiger partial charge in [0.15, 0.2) is 5.82 Å². The maximum Gasteiger partial charge on any atom is 0.309 e. The zero-order valence-electron chi connectivity index (χ0n) is 22.5. The fourth-order valence-corrected chi connectivity index (χ4v) is 5.13. The molecule has 0 bridgehead atoms. The summed E-state index contributed by atoms with van der Waals surface area (Å²) >= 11 is 6.06. The minimum atomic E-state index is -0.226. The molecule has 0 radical (unpaired) electrons. The highest BCUT2D eigenvalue weighted by Gasteiger charge is 2.17. The Bertz CT molecular complexity index is 1370. The van der Waals surface area contributed by atoms with Crippen LogP contribution in [-0.2, 0) is 35.5 Å². The number of aromatic nitrogens is 3. The monoisotopic (exact) mass is 535 g/mol. The van der Waals surface area contributed by atoms with Gasteiger partial charge in [0.05, 0.1) is 24.6 Å². The Morgan fingerprint density at radius 3 is 2.63 bits per heavy atom. The first kappa shape index (κ1) is 27.9. The van der Waals surface area contributed by atoms with Gasteiger partial charge in [-0.2, -0.15) is 0 Å². The molecule has 0 saturated carbocycles. The molecule has 2 aromatic heterocycles. The zero-order chi connectivity index (χ0) is 26.9. The number of halogens is 1. The lowest BCUT2D eigenvalue weighted by Gasteiger charge is -2.23. The largest absolute Gasteiger partial charge is 0.469 e. The molecule has 0 atom stereocenters. The number of nitrogens with two attached hydrogens (primary N) is 1. The molecule has 2 heterocycles. The van der Waals surface area contributed by atoms with Crippen molar-refractivity contribution in [2.24, 2.45) is 0 Å². The highest BCUT2D eigenvalue weighted by atomic mass is 35.5. The number of pyridine rings is 1. The molecule has 0 saturated heterocycles. The number of para-hydroxylation sites is 1. The molecular formula is C30H38ClN5O2. The lowest BCUT2D eigenvalue weighted by Crippen LogP contribution is -2.27. The van der Waals surface area contributed by atoms with Crippen molar-refractivity contribution in [1.29, 1.82) is 0 Å². The van der Waals surface area contributed by atoms with Crippen molar-refractivity contribution in [3.63, 3.8) is 0 Å². The fraction of sp³-hybridized carbons (Fsp3) is 0.433. The molecule has 0 amide bonds. The molecule has 0 fully saturated rings. The lowest BCUT2D eigenvalue weighted by atomic mass is 10.1. The molecule has 2 aromatic carbocycles. The van der Waals surface area contributed by atoms with E-state index in [0.29, 0.717) is 11.7 Å². The SMILES string of the molecule is CCCCc1nc2c(N)nc3ccccc3c2n1CCCN(CCCCl)Cc1cccc(CC(=O)OC)c1. The fourth-order valence-electron chi connectivity index (χ4n) is 5.01. The first-order chi connectivity index (χ1) is 18.5. The van der Waals surface area contributed by atoms with E-state index in [1.165, 1.54) is 12.7 Å². The van der Waals surface area contributed by atoms with Gasteiger partial charge in [0.25, 0.3) is 0 Å². The van der Waals surface area contributed by atoms with E-state index in [-0.39, 0.29) is 12.4 Å². The van der Waals surface area contributed by atoms with Crippen LogP contribution >= 0.6 is 11.6 Å². The molecule has 7 nitrogen and oxygen atoms in total. The normalized spacial score (nSPS) is 11.6. The Hall–Kier alpha value is -3.16. The van der Waals surface area contributed by atoms with Crippen molar-refractivity contribution >= 4 is 45.3 Å². The van der Waals surface area contributed by atoms with E-state index < -0.39 is 0 Å². The van der Waals surface area contributed by atoms with Crippen molar-refractivity contribution < 1.29 is 9.53 Å². The Morgan fingerprint density at radius 2 is 1.84 bits per heavy atom. The van der Waals surface area contributed by atoms with E-state index in [4.69, 9.17) is 27.1 Å². The molecule has 4 aromatic rings. The van der Waals surface area contributed by atoms with Crippen LogP contribution in [0.1, 0.15) is 49.6 Å². The number of anilines is 1. The van der Waals surface area contributed by atoms with Crippen molar-refractivity contribution in [3.8, 4) is 0 Å². The van der Waals surface area contributed by atoms with Crippen LogP contribution in [0.2, 0.25) is 0 Å². The summed E-state index contributed by atoms with van der Waals surface area (Å²) < 4.78 is 7.20. The number of alkyl halides is 1. The van der Waals surface area contributed by atoms with Crippen molar-refractivity contribution in [2.75, 3.05) is 31.8 Å². The number of esters is 1. The van der Waals surface area contributed by atoms with Gasteiger partial charge in [-0.3, -0.25) is 9.69 Å². The maximum absolute atomic E-state index is 11.7. The second kappa shape index (κ2) is 13.6. The van der Waals surface area contributed by atoms with Crippen LogP contribution in [-0.4, -0.2) is 51.5 Å². The number of ether oxygens (including phenoxy) is 1. The van der Waals surface area contributed by atoms with E-state index in [9.17, 15) is 4.79 Å². The number of methoxy groups -OCH3 is 1. The average Bonchev–Trinajstić information content (AvgIpc) is 3.29. The first-order valence-electron chi connectivity index (χ1n) is 13.5. The smallest absolute Gasteiger partial charge is 0.309 e. The van der Waals surface area contributed by atoms with Gasteiger partial charge in [-0.1, -0.05) is 55.8 Å². The van der Waals surface area contributed by atoms with Crippen LogP contribution in [0.4, 0.5) is 5.82 Å². The summed E-state index contributed by atoms with van der Waals surface area (Å²) in [6, 6.07) is 16.3. The Kier molecular flexibility index (Phi) is 9.96. The summed E-state index contributed by atoms with van der Waals surface area (Å²) in [5, 5.41) is 1.09. The summed E-state index contributed by atoms with van der Waals surface area (Å²) in [6.07, 6.45) is 5.28. The van der Waals surface area contributed by atoms with Gasteiger partial charge in [0.1, 0.15) is 11.3 Å². The van der Waals surface area contributed by atoms with Gasteiger partial charge in [-0.05, 0) is 43.0 Å². The number of fused-ring (bicyclic) bond motifs is 3. The summed E-state index contributed by atoms with van der Waals surface area (Å²) in [5.41, 5.74) is 11.3. The molecule has 38 heavy (non-hydrogen) atoms. The Balaban J connectivity index is 1.54. The Morgan fingerprint density at radius 1 is 1.05 bits per heavy atom. The Labute approximate surface area is 229 Å². The maximum atomic E-state index is 11.7. The topological polar surface area (TPSA) is 86.3 Å². The third-order valence-corrected chi connectivity index (χ3v) is 7.15. The molecule has 0 aliphatic carbocycles. The number of imidazole rings is 1. The van der Waals surface area contributed by atoms with Crippen LogP contribution in [0.15, 0.2) is 48.5 Å². The molecule has 0 aliphatic heterocycles. The molecule has 0 unspecified atom stereocenters. The number of nitrogens with zero attached hydrogens (tertiary/aromatic N) is 4. The van der Waals surface area contributed by atoms with Gasteiger partial charge >= 0.3 is 5.97 Å².